The molecule has 0 unspecified atom stereocenters. The number of ether oxygens (including phenoxy) is 2. The van der Waals surface area contributed by atoms with E-state index in [4.69, 9.17) is 10.5 Å². The Kier molecular flexibility index (Phi) is 4.32. The lowest BCUT2D eigenvalue weighted by atomic mass is 10.2. The molecule has 0 amide bonds. The number of nitrogens with two attached hydrogens (primary N) is 1. The van der Waals surface area contributed by atoms with Crippen LogP contribution in [0.4, 0.5) is 5.69 Å². The number of rotatable bonds is 4. The van der Waals surface area contributed by atoms with Gasteiger partial charge in [-0.1, -0.05) is 6.07 Å². The molecule has 0 aliphatic rings. The lowest BCUT2D eigenvalue weighted by molar-refractivity contribution is -0.146. The fraction of sp³-hybridized carbons (Fsp3) is 0.273. The van der Waals surface area contributed by atoms with Crippen molar-refractivity contribution in [2.45, 2.75) is 6.92 Å². The summed E-state index contributed by atoms with van der Waals surface area (Å²) >= 11 is 0. The molecule has 2 N–H and O–H groups in total. The first kappa shape index (κ1) is 12.0. The molecular weight excluding hydrogens is 210 g/mol. The van der Waals surface area contributed by atoms with Crippen LogP contribution in [-0.2, 0) is 14.3 Å². The van der Waals surface area contributed by atoms with Crippen molar-refractivity contribution in [1.82, 2.24) is 0 Å². The smallest absolute Gasteiger partial charge is 0.344 e. The summed E-state index contributed by atoms with van der Waals surface area (Å²) in [6, 6.07) is 6.33. The van der Waals surface area contributed by atoms with Crippen LogP contribution in [0, 0.1) is 0 Å². The Morgan fingerprint density at radius 3 is 2.69 bits per heavy atom. The topological polar surface area (TPSA) is 78.6 Å². The first-order valence-electron chi connectivity index (χ1n) is 4.81. The molecule has 5 nitrogen and oxygen atoms in total. The van der Waals surface area contributed by atoms with Gasteiger partial charge in [0.2, 0.25) is 0 Å². The zero-order valence-corrected chi connectivity index (χ0v) is 8.93. The van der Waals surface area contributed by atoms with E-state index in [0.29, 0.717) is 11.3 Å². The van der Waals surface area contributed by atoms with Crippen LogP contribution in [-0.4, -0.2) is 25.2 Å². The number of nitrogen functional groups attached to an aromatic ring is 1. The van der Waals surface area contributed by atoms with E-state index in [1.165, 1.54) is 6.07 Å². The first-order valence-corrected chi connectivity index (χ1v) is 4.81. The third-order valence-electron chi connectivity index (χ3n) is 1.75. The highest BCUT2D eigenvalue weighted by Crippen LogP contribution is 2.07. The standard InChI is InChI=1S/C11H13NO4/c1-2-15-10(13)7-16-11(14)8-4-3-5-9(12)6-8/h3-6H,2,7,12H2,1H3. The Morgan fingerprint density at radius 2 is 2.06 bits per heavy atom. The SMILES string of the molecule is CCOC(=O)COC(=O)c1cccc(N)c1. The third kappa shape index (κ3) is 3.61. The van der Waals surface area contributed by atoms with Crippen molar-refractivity contribution in [3.8, 4) is 0 Å². The molecule has 0 fully saturated rings. The van der Waals surface area contributed by atoms with Gasteiger partial charge in [-0.25, -0.2) is 9.59 Å². The van der Waals surface area contributed by atoms with Crippen molar-refractivity contribution >= 4 is 17.6 Å². The second-order valence-electron chi connectivity index (χ2n) is 3.01. The molecule has 0 heterocycles. The number of hydrogen-bond donors (Lipinski definition) is 1. The highest BCUT2D eigenvalue weighted by molar-refractivity contribution is 5.91. The van der Waals surface area contributed by atoms with Crippen LogP contribution in [0.1, 0.15) is 17.3 Å². The predicted octanol–water partition coefficient (Wildman–Crippen LogP) is 0.989. The average Bonchev–Trinajstić information content (AvgIpc) is 2.26. The van der Waals surface area contributed by atoms with Gasteiger partial charge < -0.3 is 15.2 Å². The zero-order chi connectivity index (χ0) is 12.0. The van der Waals surface area contributed by atoms with Gasteiger partial charge in [-0.15, -0.1) is 0 Å². The Labute approximate surface area is 93.1 Å². The van der Waals surface area contributed by atoms with Gasteiger partial charge in [-0.05, 0) is 25.1 Å². The summed E-state index contributed by atoms with van der Waals surface area (Å²) in [6.45, 7) is 1.55. The highest BCUT2D eigenvalue weighted by atomic mass is 16.6. The Balaban J connectivity index is 2.50. The highest BCUT2D eigenvalue weighted by Gasteiger charge is 2.10. The van der Waals surface area contributed by atoms with Crippen molar-refractivity contribution in [2.75, 3.05) is 18.9 Å². The van der Waals surface area contributed by atoms with E-state index < -0.39 is 11.9 Å². The van der Waals surface area contributed by atoms with E-state index in [0.717, 1.165) is 0 Å². The largest absolute Gasteiger partial charge is 0.463 e. The van der Waals surface area contributed by atoms with E-state index in [1.807, 2.05) is 0 Å². The van der Waals surface area contributed by atoms with Gasteiger partial charge >= 0.3 is 11.9 Å². The molecule has 16 heavy (non-hydrogen) atoms. The molecule has 5 heteroatoms. The van der Waals surface area contributed by atoms with Crippen LogP contribution >= 0.6 is 0 Å². The molecule has 0 saturated heterocycles. The van der Waals surface area contributed by atoms with Gasteiger partial charge in [-0.2, -0.15) is 0 Å². The minimum atomic E-state index is -0.597. The van der Waals surface area contributed by atoms with Crippen LogP contribution < -0.4 is 5.73 Å². The molecule has 0 atom stereocenters. The lowest BCUT2D eigenvalue weighted by Gasteiger charge is -2.04. The molecule has 0 aliphatic heterocycles. The molecule has 0 saturated carbocycles. The number of hydrogen-bond acceptors (Lipinski definition) is 5. The maximum Gasteiger partial charge on any atom is 0.344 e. The number of carbonyl (C=O) groups is 2. The second kappa shape index (κ2) is 5.75. The summed E-state index contributed by atoms with van der Waals surface area (Å²) in [7, 11) is 0. The van der Waals surface area contributed by atoms with Crippen LogP contribution in [0.25, 0.3) is 0 Å². The Bertz CT molecular complexity index is 389. The molecule has 0 aliphatic carbocycles. The molecule has 0 bridgehead atoms. The van der Waals surface area contributed by atoms with Gasteiger partial charge in [0.05, 0.1) is 12.2 Å². The van der Waals surface area contributed by atoms with Crippen LogP contribution in [0.3, 0.4) is 0 Å². The maximum absolute atomic E-state index is 11.4. The quantitative estimate of drug-likeness (QED) is 0.608. The maximum atomic E-state index is 11.4. The van der Waals surface area contributed by atoms with Crippen LogP contribution in [0.5, 0.6) is 0 Å². The van der Waals surface area contributed by atoms with Crippen LogP contribution in [0.2, 0.25) is 0 Å². The van der Waals surface area contributed by atoms with Gasteiger partial charge in [0.25, 0.3) is 0 Å². The van der Waals surface area contributed by atoms with Gasteiger partial charge in [-0.3, -0.25) is 0 Å². The van der Waals surface area contributed by atoms with Crippen molar-refractivity contribution in [2.24, 2.45) is 0 Å². The first-order chi connectivity index (χ1) is 7.63. The number of carbonyl (C=O) groups excluding carboxylic acids is 2. The minimum absolute atomic E-state index is 0.259. The normalized spacial score (nSPS) is 9.56. The second-order valence-corrected chi connectivity index (χ2v) is 3.01. The molecule has 0 radical (unpaired) electrons. The van der Waals surface area contributed by atoms with Gasteiger partial charge in [0.1, 0.15) is 0 Å². The van der Waals surface area contributed by atoms with Gasteiger partial charge in [0.15, 0.2) is 6.61 Å². The molecule has 1 aromatic carbocycles. The Hall–Kier alpha value is -2.04. The van der Waals surface area contributed by atoms with Crippen molar-refractivity contribution in [3.05, 3.63) is 29.8 Å². The van der Waals surface area contributed by atoms with Crippen LogP contribution in [0.15, 0.2) is 24.3 Å². The minimum Gasteiger partial charge on any atom is -0.463 e. The number of esters is 2. The predicted molar refractivity (Wildman–Crippen MR) is 57.8 cm³/mol. The lowest BCUT2D eigenvalue weighted by Crippen LogP contribution is -2.16. The van der Waals surface area contributed by atoms with Crippen molar-refractivity contribution < 1.29 is 19.1 Å². The van der Waals surface area contributed by atoms with E-state index in [9.17, 15) is 9.59 Å². The fourth-order valence-corrected chi connectivity index (χ4v) is 1.08. The van der Waals surface area contributed by atoms with E-state index in [2.05, 4.69) is 4.74 Å². The molecular formula is C11H13NO4. The van der Waals surface area contributed by atoms with Gasteiger partial charge in [0, 0.05) is 5.69 Å². The van der Waals surface area contributed by atoms with Crippen molar-refractivity contribution in [1.29, 1.82) is 0 Å². The summed E-state index contributed by atoms with van der Waals surface area (Å²) in [6.07, 6.45) is 0. The zero-order valence-electron chi connectivity index (χ0n) is 8.93. The Morgan fingerprint density at radius 1 is 1.31 bits per heavy atom. The molecule has 1 rings (SSSR count). The fourth-order valence-electron chi connectivity index (χ4n) is 1.08. The van der Waals surface area contributed by atoms with E-state index in [-0.39, 0.29) is 13.2 Å². The molecule has 1 aromatic rings. The third-order valence-corrected chi connectivity index (χ3v) is 1.75. The summed E-state index contributed by atoms with van der Waals surface area (Å²) < 4.78 is 9.34. The number of benzene rings is 1. The average molecular weight is 223 g/mol. The number of anilines is 1. The summed E-state index contributed by atoms with van der Waals surface area (Å²) in [5, 5.41) is 0. The summed E-state index contributed by atoms with van der Waals surface area (Å²) in [4.78, 5) is 22.3. The van der Waals surface area contributed by atoms with E-state index in [1.54, 1.807) is 25.1 Å². The van der Waals surface area contributed by atoms with Crippen molar-refractivity contribution in [3.63, 3.8) is 0 Å². The molecule has 86 valence electrons. The monoisotopic (exact) mass is 223 g/mol. The van der Waals surface area contributed by atoms with E-state index >= 15 is 0 Å². The summed E-state index contributed by atoms with van der Waals surface area (Å²) in [5.41, 5.74) is 6.27. The summed E-state index contributed by atoms with van der Waals surface area (Å²) in [5.74, 6) is -1.17. The molecule has 0 spiro atoms. The molecule has 0 aromatic heterocycles.